The number of aliphatic hydroxyl groups is 9. The third-order valence-electron chi connectivity index (χ3n) is 19.3. The van der Waals surface area contributed by atoms with Crippen molar-refractivity contribution in [1.82, 2.24) is 58.5 Å². The van der Waals surface area contributed by atoms with E-state index < -0.39 is 135 Å². The average molecular weight is 1700 g/mol. The number of amides is 11. The van der Waals surface area contributed by atoms with E-state index in [2.05, 4.69) is 63.3 Å². The molecule has 0 saturated carbocycles. The Balaban J connectivity index is 1.57. The zero-order valence-corrected chi connectivity index (χ0v) is 68.9. The highest BCUT2D eigenvalue weighted by molar-refractivity contribution is 5.79. The summed E-state index contributed by atoms with van der Waals surface area (Å²) < 4.78 is 52.2. The fourth-order valence-electron chi connectivity index (χ4n) is 12.8. The number of hydrogen-bond acceptors (Lipinski definition) is 31. The Morgan fingerprint density at radius 2 is 0.568 bits per heavy atom. The molecule has 42 heteroatoms. The van der Waals surface area contributed by atoms with Crippen molar-refractivity contribution in [2.75, 3.05) is 132 Å². The molecule has 3 aliphatic heterocycles. The molecular formula is C76H138N12O30. The van der Waals surface area contributed by atoms with Gasteiger partial charge in [-0.25, -0.2) is 5.90 Å². The van der Waals surface area contributed by atoms with Crippen LogP contribution in [-0.2, 0) is 100 Å². The van der Waals surface area contributed by atoms with Crippen LogP contribution in [0.25, 0.3) is 0 Å². The second-order valence-corrected chi connectivity index (χ2v) is 29.6. The monoisotopic (exact) mass is 1700 g/mol. The van der Waals surface area contributed by atoms with Gasteiger partial charge in [-0.15, -0.1) is 0 Å². The van der Waals surface area contributed by atoms with Crippen molar-refractivity contribution < 1.29 is 146 Å². The number of hydrogen-bond donors (Lipinski definition) is 21. The molecule has 9 unspecified atom stereocenters. The highest BCUT2D eigenvalue weighted by atomic mass is 16.7. The van der Waals surface area contributed by atoms with Crippen molar-refractivity contribution in [1.29, 1.82) is 0 Å². The van der Waals surface area contributed by atoms with Gasteiger partial charge in [0.1, 0.15) is 85.2 Å². The number of nitrogens with two attached hydrogens (primary N) is 1. The summed E-state index contributed by atoms with van der Waals surface area (Å²) in [5.41, 5.74) is -1.41. The van der Waals surface area contributed by atoms with Crippen LogP contribution >= 0.6 is 0 Å². The quantitative estimate of drug-likeness (QED) is 0.0200. The molecule has 3 saturated heterocycles. The van der Waals surface area contributed by atoms with E-state index in [0.717, 1.165) is 57.8 Å². The first kappa shape index (κ1) is 106. The maximum Gasteiger partial charge on any atom is 0.248 e. The highest BCUT2D eigenvalue weighted by Gasteiger charge is 2.48. The van der Waals surface area contributed by atoms with Crippen LogP contribution in [0.2, 0.25) is 0 Å². The molecule has 3 aliphatic rings. The van der Waals surface area contributed by atoms with Gasteiger partial charge in [0.25, 0.3) is 0 Å². The van der Waals surface area contributed by atoms with Gasteiger partial charge in [-0.2, -0.15) is 0 Å². The summed E-state index contributed by atoms with van der Waals surface area (Å²) in [4.78, 5) is 142. The zero-order valence-electron chi connectivity index (χ0n) is 68.9. The molecule has 3 heterocycles. The second kappa shape index (κ2) is 63.3. The molecular weight excluding hydrogens is 1560 g/mol. The molecule has 0 aromatic rings. The molecule has 3 fully saturated rings. The van der Waals surface area contributed by atoms with Gasteiger partial charge in [-0.3, -0.25) is 57.6 Å². The Morgan fingerprint density at radius 3 is 0.856 bits per heavy atom. The Morgan fingerprint density at radius 1 is 0.314 bits per heavy atom. The van der Waals surface area contributed by atoms with Gasteiger partial charge < -0.3 is 147 Å². The molecule has 118 heavy (non-hydrogen) atoms. The minimum absolute atomic E-state index is 0.0768. The first-order chi connectivity index (χ1) is 56.7. The summed E-state index contributed by atoms with van der Waals surface area (Å²) in [6.07, 6.45) is -2.71. The van der Waals surface area contributed by atoms with Crippen molar-refractivity contribution in [2.45, 2.75) is 285 Å². The van der Waals surface area contributed by atoms with Crippen LogP contribution < -0.4 is 64.4 Å². The van der Waals surface area contributed by atoms with Crippen LogP contribution in [0.5, 0.6) is 0 Å². The molecule has 0 aliphatic carbocycles. The topological polar surface area (TPSA) is 620 Å². The van der Waals surface area contributed by atoms with E-state index in [0.29, 0.717) is 70.8 Å². The Labute approximate surface area is 689 Å². The first-order valence-electron chi connectivity index (χ1n) is 41.4. The second-order valence-electron chi connectivity index (χ2n) is 29.6. The molecule has 0 radical (unpaired) electrons. The van der Waals surface area contributed by atoms with Crippen molar-refractivity contribution in [3.8, 4) is 0 Å². The molecule has 22 N–H and O–H groups in total. The zero-order chi connectivity index (χ0) is 86.9. The number of nitrogens with one attached hydrogen (secondary N) is 11. The maximum atomic E-state index is 14.0. The van der Waals surface area contributed by atoms with E-state index >= 15 is 0 Å². The minimum atomic E-state index is -1.46. The molecule has 0 aromatic heterocycles. The summed E-state index contributed by atoms with van der Waals surface area (Å²) in [6.45, 7) is 2.78. The number of carbonyl (C=O) groups is 11. The molecule has 15 atom stereocenters. The van der Waals surface area contributed by atoms with E-state index in [1.807, 2.05) is 0 Å². The molecule has 682 valence electrons. The SMILES string of the molecule is CC(=O)NC1C(O)[C@@H](O)C(CO)O[C@H]1OCCCCC(=O)NCCCNC(=O)CCOCC(COCCC(=O)NCCCNC(=O)CCCCO[C@@H]1OC(CO)[C@H](O)C(O)C1NC(C)=O)(COCCC(=O)NCCCNC(=O)CCCCO[C@@H]1OC(CO)[C@H](O)C(O)C1NC(C)=O)NC(=O)CCCCCCCCCCCCNC(=O)CON. The van der Waals surface area contributed by atoms with E-state index in [1.54, 1.807) is 0 Å². The third-order valence-corrected chi connectivity index (χ3v) is 19.3. The van der Waals surface area contributed by atoms with E-state index in [-0.39, 0.29) is 198 Å². The van der Waals surface area contributed by atoms with Gasteiger partial charge in [0.05, 0.1) is 59.5 Å². The van der Waals surface area contributed by atoms with E-state index in [9.17, 15) is 98.7 Å². The highest BCUT2D eigenvalue weighted by Crippen LogP contribution is 2.26. The lowest BCUT2D eigenvalue weighted by molar-refractivity contribution is -0.270. The summed E-state index contributed by atoms with van der Waals surface area (Å²) in [5, 5.41) is 121. The summed E-state index contributed by atoms with van der Waals surface area (Å²) >= 11 is 0. The van der Waals surface area contributed by atoms with Gasteiger partial charge in [0.2, 0.25) is 65.0 Å². The number of aliphatic hydroxyl groups excluding tert-OH is 9. The van der Waals surface area contributed by atoms with Gasteiger partial charge >= 0.3 is 0 Å². The predicted molar refractivity (Wildman–Crippen MR) is 419 cm³/mol. The summed E-state index contributed by atoms with van der Waals surface area (Å²) in [7, 11) is 0. The maximum absolute atomic E-state index is 14.0. The molecule has 11 amide bonds. The summed E-state index contributed by atoms with van der Waals surface area (Å²) in [6, 6.07) is -3.29. The van der Waals surface area contributed by atoms with E-state index in [1.165, 1.54) is 20.8 Å². The van der Waals surface area contributed by atoms with Crippen molar-refractivity contribution >= 4 is 65.0 Å². The summed E-state index contributed by atoms with van der Waals surface area (Å²) in [5.74, 6) is 0.993. The Hall–Kier alpha value is -6.63. The lowest BCUT2D eigenvalue weighted by Crippen LogP contribution is -2.64. The molecule has 42 nitrogen and oxygen atoms in total. The first-order valence-corrected chi connectivity index (χ1v) is 41.4. The lowest BCUT2D eigenvalue weighted by atomic mass is 9.97. The van der Waals surface area contributed by atoms with Crippen molar-refractivity contribution in [3.05, 3.63) is 0 Å². The van der Waals surface area contributed by atoms with Crippen molar-refractivity contribution in [2.24, 2.45) is 5.90 Å². The van der Waals surface area contributed by atoms with Crippen LogP contribution in [0.4, 0.5) is 0 Å². The number of ether oxygens (including phenoxy) is 9. The minimum Gasteiger partial charge on any atom is -0.394 e. The molecule has 0 spiro atoms. The van der Waals surface area contributed by atoms with Gasteiger partial charge in [0.15, 0.2) is 18.9 Å². The fraction of sp³-hybridized carbons (Fsp3) is 0.855. The number of carbonyl (C=O) groups excluding carboxylic acids is 11. The van der Waals surface area contributed by atoms with Gasteiger partial charge in [-0.1, -0.05) is 51.4 Å². The molecule has 0 bridgehead atoms. The largest absolute Gasteiger partial charge is 0.394 e. The van der Waals surface area contributed by atoms with Gasteiger partial charge in [0, 0.05) is 131 Å². The van der Waals surface area contributed by atoms with E-state index in [4.69, 9.17) is 48.5 Å². The fourth-order valence-corrected chi connectivity index (χ4v) is 12.8. The molecule has 0 aromatic carbocycles. The van der Waals surface area contributed by atoms with Gasteiger partial charge in [-0.05, 0) is 70.6 Å². The average Bonchev–Trinajstić information content (AvgIpc) is 0.825. The normalized spacial score (nSPS) is 23.5. The predicted octanol–water partition coefficient (Wildman–Crippen LogP) is -5.38. The number of unbranched alkanes of at least 4 members (excludes halogenated alkanes) is 12. The Kier molecular flexibility index (Phi) is 56.7. The lowest BCUT2D eigenvalue weighted by Gasteiger charge is -2.42. The Bertz CT molecular complexity index is 2620. The number of rotatable bonds is 67. The van der Waals surface area contributed by atoms with Crippen molar-refractivity contribution in [3.63, 3.8) is 0 Å². The standard InChI is InChI=1S/C76H138N12O30/c1-50(92)85-64-70(106)67(103)53(43-89)116-73(64)112-37-17-13-23-56(95)78-31-20-34-81-59(98)27-40-109-47-76(88-62(101)26-12-10-8-6-4-5-7-9-11-16-30-84-63(102)46-115-77,48-110-41-28-60(99)82-35-21-32-79-57(96)24-14-18-38-113-74-65(86-51(2)93)71(107)68(104)54(44-90)117-74)49-111-42-29-61(100)83-36-22-33-80-58(97)25-15-19-39-114-75-66(87-52(3)94)72(108)69(105)55(45-91)118-75/h53-55,64-75,89-91,103-108H,4-49,77H2,1-3H3,(H,78,95)(H,79,96)(H,80,97)(H,81,98)(H,82,99)(H,83,100)(H,84,102)(H,85,92)(H,86,93)(H,87,94)(H,88,101)/t53?,54?,55?,64?,65?,66?,67-,68-,69-,70?,71?,72?,73+,74+,75+,76?/m0/s1. The van der Waals surface area contributed by atoms with Crippen LogP contribution in [-0.4, -0.2) is 340 Å². The smallest absolute Gasteiger partial charge is 0.248 e. The van der Waals surface area contributed by atoms with Crippen LogP contribution in [0.3, 0.4) is 0 Å². The van der Waals surface area contributed by atoms with Crippen LogP contribution in [0, 0.1) is 0 Å². The van der Waals surface area contributed by atoms with Crippen LogP contribution in [0.15, 0.2) is 0 Å². The third kappa shape index (κ3) is 45.9. The van der Waals surface area contributed by atoms with Crippen LogP contribution in [0.1, 0.15) is 188 Å². The molecule has 3 rings (SSSR count).